The van der Waals surface area contributed by atoms with E-state index in [9.17, 15) is 0 Å². The van der Waals surface area contributed by atoms with Crippen LogP contribution in [0, 0.1) is 5.41 Å². The highest BCUT2D eigenvalue weighted by Crippen LogP contribution is 2.32. The lowest BCUT2D eigenvalue weighted by Gasteiger charge is -2.22. The fraction of sp³-hybridized carbons (Fsp3) is 0.800. The minimum Gasteiger partial charge on any atom is -0.348 e. The van der Waals surface area contributed by atoms with E-state index in [1.165, 1.54) is 49.5 Å². The molecule has 0 aromatic carbocycles. The van der Waals surface area contributed by atoms with Gasteiger partial charge < -0.3 is 10.2 Å². The van der Waals surface area contributed by atoms with Crippen LogP contribution in [0.25, 0.3) is 0 Å². The molecule has 3 nitrogen and oxygen atoms in total. The van der Waals surface area contributed by atoms with E-state index in [1.807, 2.05) is 11.3 Å². The highest BCUT2D eigenvalue weighted by Gasteiger charge is 2.24. The van der Waals surface area contributed by atoms with Gasteiger partial charge in [0, 0.05) is 31.1 Å². The van der Waals surface area contributed by atoms with Gasteiger partial charge in [-0.25, -0.2) is 4.98 Å². The Hall–Kier alpha value is -0.610. The summed E-state index contributed by atoms with van der Waals surface area (Å²) in [6.45, 7) is 8.07. The fourth-order valence-electron chi connectivity index (χ4n) is 2.67. The average molecular weight is 279 g/mol. The second kappa shape index (κ2) is 5.41. The molecule has 3 rings (SSSR count). The molecule has 2 heterocycles. The standard InChI is InChI=1S/C15H25N3S/c1-15(2)6-3-8-18(9-7-15)14-17-13(11-19-14)10-16-12-4-5-12/h11-12,16H,3-10H2,1-2H3. The lowest BCUT2D eigenvalue weighted by Crippen LogP contribution is -2.25. The lowest BCUT2D eigenvalue weighted by molar-refractivity contribution is 0.325. The van der Waals surface area contributed by atoms with Crippen LogP contribution >= 0.6 is 11.3 Å². The largest absolute Gasteiger partial charge is 0.348 e. The number of nitrogens with one attached hydrogen (secondary N) is 1. The van der Waals surface area contributed by atoms with Crippen LogP contribution in [-0.4, -0.2) is 24.1 Å². The predicted molar refractivity (Wildman–Crippen MR) is 81.8 cm³/mol. The highest BCUT2D eigenvalue weighted by molar-refractivity contribution is 7.13. The van der Waals surface area contributed by atoms with Crippen molar-refractivity contribution in [1.82, 2.24) is 10.3 Å². The molecule has 0 atom stereocenters. The smallest absolute Gasteiger partial charge is 0.185 e. The molecule has 0 amide bonds. The van der Waals surface area contributed by atoms with Crippen molar-refractivity contribution in [2.75, 3.05) is 18.0 Å². The van der Waals surface area contributed by atoms with Crippen molar-refractivity contribution in [3.8, 4) is 0 Å². The zero-order valence-electron chi connectivity index (χ0n) is 12.1. The first-order chi connectivity index (χ1) is 9.12. The molecule has 2 aliphatic rings. The van der Waals surface area contributed by atoms with Crippen molar-refractivity contribution in [3.05, 3.63) is 11.1 Å². The number of hydrogen-bond acceptors (Lipinski definition) is 4. The molecule has 1 saturated carbocycles. The molecule has 0 spiro atoms. The molecule has 0 unspecified atom stereocenters. The average Bonchev–Trinajstić information content (AvgIpc) is 3.11. The van der Waals surface area contributed by atoms with E-state index in [4.69, 9.17) is 4.98 Å². The Kier molecular flexibility index (Phi) is 3.81. The minimum atomic E-state index is 0.502. The van der Waals surface area contributed by atoms with Gasteiger partial charge in [0.05, 0.1) is 5.69 Å². The highest BCUT2D eigenvalue weighted by atomic mass is 32.1. The summed E-state index contributed by atoms with van der Waals surface area (Å²) in [5.74, 6) is 0. The van der Waals surface area contributed by atoms with Crippen LogP contribution in [0.4, 0.5) is 5.13 Å². The van der Waals surface area contributed by atoms with Crippen LogP contribution in [0.1, 0.15) is 51.6 Å². The van der Waals surface area contributed by atoms with Crippen LogP contribution in [0.2, 0.25) is 0 Å². The van der Waals surface area contributed by atoms with Crippen LogP contribution in [0.5, 0.6) is 0 Å². The van der Waals surface area contributed by atoms with Gasteiger partial charge in [0.2, 0.25) is 0 Å². The third-order valence-corrected chi connectivity index (χ3v) is 5.25. The van der Waals surface area contributed by atoms with Crippen molar-refractivity contribution in [3.63, 3.8) is 0 Å². The van der Waals surface area contributed by atoms with Crippen LogP contribution < -0.4 is 10.2 Å². The van der Waals surface area contributed by atoms with Crippen molar-refractivity contribution in [1.29, 1.82) is 0 Å². The first-order valence-electron chi connectivity index (χ1n) is 7.55. The number of thiazole rings is 1. The molecule has 0 bridgehead atoms. The third kappa shape index (κ3) is 3.69. The number of aromatic nitrogens is 1. The Labute approximate surface area is 120 Å². The molecule has 19 heavy (non-hydrogen) atoms. The predicted octanol–water partition coefficient (Wildman–Crippen LogP) is 3.41. The summed E-state index contributed by atoms with van der Waals surface area (Å²) in [5.41, 5.74) is 1.72. The summed E-state index contributed by atoms with van der Waals surface area (Å²) < 4.78 is 0. The fourth-order valence-corrected chi connectivity index (χ4v) is 3.55. The molecule has 1 aromatic heterocycles. The van der Waals surface area contributed by atoms with Crippen molar-refractivity contribution >= 4 is 16.5 Å². The Morgan fingerprint density at radius 1 is 1.37 bits per heavy atom. The second-order valence-electron chi connectivity index (χ2n) is 6.78. The summed E-state index contributed by atoms with van der Waals surface area (Å²) in [5, 5.41) is 6.99. The maximum atomic E-state index is 4.81. The Bertz CT molecular complexity index is 423. The number of nitrogens with zero attached hydrogens (tertiary/aromatic N) is 2. The monoisotopic (exact) mass is 279 g/mol. The topological polar surface area (TPSA) is 28.2 Å². The van der Waals surface area contributed by atoms with Gasteiger partial charge in [-0.3, -0.25) is 0 Å². The second-order valence-corrected chi connectivity index (χ2v) is 7.62. The molecule has 0 radical (unpaired) electrons. The van der Waals surface area contributed by atoms with E-state index in [1.54, 1.807) is 0 Å². The van der Waals surface area contributed by atoms with E-state index in [0.717, 1.165) is 19.1 Å². The van der Waals surface area contributed by atoms with Gasteiger partial charge in [0.25, 0.3) is 0 Å². The first-order valence-corrected chi connectivity index (χ1v) is 8.43. The van der Waals surface area contributed by atoms with E-state index < -0.39 is 0 Å². The van der Waals surface area contributed by atoms with E-state index in [0.29, 0.717) is 5.41 Å². The maximum Gasteiger partial charge on any atom is 0.185 e. The summed E-state index contributed by atoms with van der Waals surface area (Å²) in [7, 11) is 0. The Morgan fingerprint density at radius 3 is 3.00 bits per heavy atom. The summed E-state index contributed by atoms with van der Waals surface area (Å²) in [6.07, 6.45) is 6.60. The van der Waals surface area contributed by atoms with Gasteiger partial charge >= 0.3 is 0 Å². The van der Waals surface area contributed by atoms with Gasteiger partial charge in [0.1, 0.15) is 0 Å². The van der Waals surface area contributed by atoms with Gasteiger partial charge in [-0.2, -0.15) is 0 Å². The van der Waals surface area contributed by atoms with E-state index >= 15 is 0 Å². The molecule has 1 N–H and O–H groups in total. The van der Waals surface area contributed by atoms with E-state index in [-0.39, 0.29) is 0 Å². The number of hydrogen-bond donors (Lipinski definition) is 1. The minimum absolute atomic E-state index is 0.502. The quantitative estimate of drug-likeness (QED) is 0.915. The molecule has 1 aliphatic heterocycles. The molecule has 1 saturated heterocycles. The normalized spacial score (nSPS) is 23.4. The Morgan fingerprint density at radius 2 is 2.21 bits per heavy atom. The zero-order valence-corrected chi connectivity index (χ0v) is 12.9. The van der Waals surface area contributed by atoms with Crippen LogP contribution in [0.15, 0.2) is 5.38 Å². The molecular weight excluding hydrogens is 254 g/mol. The van der Waals surface area contributed by atoms with Gasteiger partial charge in [-0.05, 0) is 37.5 Å². The maximum absolute atomic E-state index is 4.81. The SMILES string of the molecule is CC1(C)CCCN(c2nc(CNC3CC3)cs2)CC1. The van der Waals surface area contributed by atoms with Crippen LogP contribution in [-0.2, 0) is 6.54 Å². The zero-order chi connectivity index (χ0) is 13.3. The van der Waals surface area contributed by atoms with Crippen LogP contribution in [0.3, 0.4) is 0 Å². The molecule has 1 aliphatic carbocycles. The van der Waals surface area contributed by atoms with Crippen molar-refractivity contribution in [2.24, 2.45) is 5.41 Å². The van der Waals surface area contributed by atoms with E-state index in [2.05, 4.69) is 29.4 Å². The summed E-state index contributed by atoms with van der Waals surface area (Å²) >= 11 is 1.81. The summed E-state index contributed by atoms with van der Waals surface area (Å²) in [4.78, 5) is 7.29. The Balaban J connectivity index is 1.58. The summed E-state index contributed by atoms with van der Waals surface area (Å²) in [6, 6.07) is 0.768. The third-order valence-electron chi connectivity index (χ3n) is 4.30. The molecule has 4 heteroatoms. The molecule has 106 valence electrons. The first kappa shape index (κ1) is 13.4. The number of anilines is 1. The molecule has 2 fully saturated rings. The van der Waals surface area contributed by atoms with Gasteiger partial charge in [0.15, 0.2) is 5.13 Å². The number of rotatable bonds is 4. The molecular formula is C15H25N3S. The molecule has 1 aromatic rings. The van der Waals surface area contributed by atoms with Gasteiger partial charge in [-0.15, -0.1) is 11.3 Å². The van der Waals surface area contributed by atoms with Crippen molar-refractivity contribution in [2.45, 2.75) is 58.5 Å². The van der Waals surface area contributed by atoms with Crippen molar-refractivity contribution < 1.29 is 0 Å². The van der Waals surface area contributed by atoms with Gasteiger partial charge in [-0.1, -0.05) is 13.8 Å². The lowest BCUT2D eigenvalue weighted by atomic mass is 9.85.